The minimum absolute atomic E-state index is 0.0151. The molecule has 0 saturated carbocycles. The van der Waals surface area contributed by atoms with E-state index >= 15 is 0 Å². The number of ketones is 1. The molecule has 56 heavy (non-hydrogen) atoms. The fourth-order valence-corrected chi connectivity index (χ4v) is 6.41. The number of rotatable bonds is 23. The van der Waals surface area contributed by atoms with Crippen molar-refractivity contribution in [1.29, 1.82) is 5.41 Å². The molecule has 1 heterocycles. The molecule has 19 nitrogen and oxygen atoms in total. The minimum Gasteiger partial charge on any atom is -0.380 e. The Hall–Kier alpha value is -4.63. The number of hydrogen-bond donors (Lipinski definition) is 8. The van der Waals surface area contributed by atoms with Crippen molar-refractivity contribution in [1.82, 2.24) is 31.5 Å². The zero-order valence-electron chi connectivity index (χ0n) is 32.9. The Morgan fingerprint density at radius 1 is 0.964 bits per heavy atom. The molecule has 312 valence electrons. The summed E-state index contributed by atoms with van der Waals surface area (Å²) in [6.07, 6.45) is 1.25. The van der Waals surface area contributed by atoms with Crippen LogP contribution in [0.5, 0.6) is 0 Å². The van der Waals surface area contributed by atoms with Gasteiger partial charge < -0.3 is 47.7 Å². The molecule has 1 aliphatic rings. The topological polar surface area (TPSA) is 284 Å². The molecule has 1 aromatic carbocycles. The van der Waals surface area contributed by atoms with Crippen LogP contribution in [0.2, 0.25) is 0 Å². The normalized spacial score (nSPS) is 16.2. The highest BCUT2D eigenvalue weighted by atomic mass is 32.2. The van der Waals surface area contributed by atoms with Crippen LogP contribution in [0.25, 0.3) is 0 Å². The van der Waals surface area contributed by atoms with Crippen molar-refractivity contribution in [2.45, 2.75) is 77.0 Å². The number of benzene rings is 1. The Morgan fingerprint density at radius 2 is 1.55 bits per heavy atom. The molecule has 1 fully saturated rings. The van der Waals surface area contributed by atoms with Crippen LogP contribution >= 0.6 is 0 Å². The fraction of sp³-hybridized carbons (Fsp3) is 0.611. The van der Waals surface area contributed by atoms with Gasteiger partial charge >= 0.3 is 0 Å². The Kier molecular flexibility index (Phi) is 19.9. The van der Waals surface area contributed by atoms with Gasteiger partial charge in [0.1, 0.15) is 11.6 Å². The number of amides is 5. The molecule has 4 atom stereocenters. The summed E-state index contributed by atoms with van der Waals surface area (Å²) in [4.78, 5) is 79.3. The number of Topliss-reactive ketones (excluding diaryl/α,β-unsaturated/α-hetero) is 1. The number of carbonyl (C=O) groups excluding carboxylic acids is 6. The first kappa shape index (κ1) is 47.5. The first-order chi connectivity index (χ1) is 26.4. The van der Waals surface area contributed by atoms with Crippen LogP contribution in [0, 0.1) is 24.2 Å². The van der Waals surface area contributed by atoms with E-state index in [4.69, 9.17) is 20.2 Å². The van der Waals surface area contributed by atoms with E-state index in [2.05, 4.69) is 31.7 Å². The van der Waals surface area contributed by atoms with Crippen molar-refractivity contribution >= 4 is 58.3 Å². The number of nitrogens with two attached hydrogens (primary N) is 1. The lowest BCUT2D eigenvalue weighted by Gasteiger charge is -2.28. The van der Waals surface area contributed by atoms with Gasteiger partial charge in [-0.15, -0.1) is 0 Å². The van der Waals surface area contributed by atoms with E-state index in [9.17, 15) is 38.1 Å². The number of nitrogens with zero attached hydrogens (tertiary/aromatic N) is 2. The van der Waals surface area contributed by atoms with E-state index in [0.29, 0.717) is 31.9 Å². The molecule has 0 aliphatic carbocycles. The molecule has 1 saturated heterocycles. The molecule has 1 aromatic rings. The maximum atomic E-state index is 13.6. The number of nitrogens with one attached hydrogen (secondary N) is 6. The zero-order chi connectivity index (χ0) is 42.0. The van der Waals surface area contributed by atoms with E-state index in [-0.39, 0.29) is 66.4 Å². The average Bonchev–Trinajstić information content (AvgIpc) is 3.14. The predicted molar refractivity (Wildman–Crippen MR) is 208 cm³/mol. The lowest BCUT2D eigenvalue weighted by molar-refractivity contribution is -0.143. The standard InChI is InChI=1S/C36H57N9O10S/c1-22(2)13-27(33(49)36(6,52)21-55-56(53)29-15-25(8-7-24(29)5)34(50)40-17-26(16-37)44-38)42-31(47)19-41-35(51)28(14-23(3)4)43-30(46)18-39-32(48)20-45-9-11-54-12-10-45/h7-8,15-16,22-23,27-28,37,52H,9-14,17-21,38H2,1-6H3,(H,39,48)(H,40,50)(H,41,51)(H,42,47)(H,43,46)/t27-,28-,36?,56?/m0/s1. The molecule has 9 N–H and O–H groups in total. The summed E-state index contributed by atoms with van der Waals surface area (Å²) >= 11 is -2.23. The number of hydrazone groups is 1. The van der Waals surface area contributed by atoms with Crippen LogP contribution < -0.4 is 32.4 Å². The van der Waals surface area contributed by atoms with Crippen LogP contribution in [-0.2, 0) is 44.0 Å². The van der Waals surface area contributed by atoms with Crippen LogP contribution in [0.4, 0.5) is 0 Å². The smallest absolute Gasteiger partial charge is 0.251 e. The zero-order valence-corrected chi connectivity index (χ0v) is 33.7. The second kappa shape index (κ2) is 23.4. The lowest BCUT2D eigenvalue weighted by Crippen LogP contribution is -2.55. The number of carbonyl (C=O) groups is 6. The highest BCUT2D eigenvalue weighted by molar-refractivity contribution is 7.80. The largest absolute Gasteiger partial charge is 0.380 e. The molecule has 0 spiro atoms. The molecule has 2 unspecified atom stereocenters. The third kappa shape index (κ3) is 16.6. The van der Waals surface area contributed by atoms with Gasteiger partial charge in [-0.3, -0.25) is 37.9 Å². The van der Waals surface area contributed by atoms with Crippen molar-refractivity contribution in [2.75, 3.05) is 59.1 Å². The monoisotopic (exact) mass is 807 g/mol. The molecule has 1 aliphatic heterocycles. The van der Waals surface area contributed by atoms with Gasteiger partial charge in [-0.05, 0) is 56.2 Å². The molecule has 20 heteroatoms. The molecule has 5 amide bonds. The lowest BCUT2D eigenvalue weighted by atomic mass is 9.90. The Morgan fingerprint density at radius 3 is 2.14 bits per heavy atom. The number of aryl methyl sites for hydroxylation is 1. The van der Waals surface area contributed by atoms with E-state index < -0.39 is 71.3 Å². The summed E-state index contributed by atoms with van der Waals surface area (Å²) in [5, 5.41) is 34.5. The average molecular weight is 808 g/mol. The molecule has 0 bridgehead atoms. The van der Waals surface area contributed by atoms with Gasteiger partial charge in [-0.25, -0.2) is 4.21 Å². The van der Waals surface area contributed by atoms with E-state index in [1.807, 2.05) is 18.7 Å². The third-order valence-corrected chi connectivity index (χ3v) is 9.56. The van der Waals surface area contributed by atoms with Crippen molar-refractivity contribution in [3.05, 3.63) is 29.3 Å². The molecular formula is C36H57N9O10S. The van der Waals surface area contributed by atoms with Crippen LogP contribution in [-0.4, -0.2) is 138 Å². The first-order valence-electron chi connectivity index (χ1n) is 18.3. The Balaban J connectivity index is 1.99. The summed E-state index contributed by atoms with van der Waals surface area (Å²) in [5.41, 5.74) is -1.47. The summed E-state index contributed by atoms with van der Waals surface area (Å²) in [6, 6.07) is 2.15. The van der Waals surface area contributed by atoms with Crippen LogP contribution in [0.1, 0.15) is 63.4 Å². The van der Waals surface area contributed by atoms with Crippen molar-refractivity contribution in [3.63, 3.8) is 0 Å². The van der Waals surface area contributed by atoms with Crippen LogP contribution in [0.3, 0.4) is 0 Å². The minimum atomic E-state index is -2.23. The summed E-state index contributed by atoms with van der Waals surface area (Å²) in [5.74, 6) is 1.34. The van der Waals surface area contributed by atoms with Crippen molar-refractivity contribution < 1.29 is 47.0 Å². The number of ether oxygens (including phenoxy) is 1. The van der Waals surface area contributed by atoms with E-state index in [1.54, 1.807) is 26.8 Å². The SMILES string of the molecule is Cc1ccc(C(=O)NCC(C=N)=NN)cc1S(=O)OCC(C)(O)C(=O)[C@H](CC(C)C)NC(=O)CNC(=O)[C@H](CC(C)C)NC(=O)CNC(=O)CN1CCOCC1. The third-order valence-electron chi connectivity index (χ3n) is 8.43. The fourth-order valence-electron chi connectivity index (χ4n) is 5.39. The molecular weight excluding hydrogens is 751 g/mol. The van der Waals surface area contributed by atoms with Gasteiger partial charge in [0.15, 0.2) is 16.9 Å². The number of aliphatic hydroxyl groups is 1. The van der Waals surface area contributed by atoms with Gasteiger partial charge in [0.25, 0.3) is 5.91 Å². The highest BCUT2D eigenvalue weighted by Gasteiger charge is 2.38. The van der Waals surface area contributed by atoms with Gasteiger partial charge in [-0.2, -0.15) is 5.10 Å². The van der Waals surface area contributed by atoms with Gasteiger partial charge in [-0.1, -0.05) is 33.8 Å². The number of hydrogen-bond acceptors (Lipinski definition) is 14. The maximum Gasteiger partial charge on any atom is 0.251 e. The molecule has 2 rings (SSSR count). The summed E-state index contributed by atoms with van der Waals surface area (Å²) < 4.78 is 23.9. The van der Waals surface area contributed by atoms with Gasteiger partial charge in [0, 0.05) is 24.9 Å². The highest BCUT2D eigenvalue weighted by Crippen LogP contribution is 2.20. The molecule has 0 radical (unpaired) electrons. The summed E-state index contributed by atoms with van der Waals surface area (Å²) in [6.45, 7) is 10.8. The predicted octanol–water partition coefficient (Wildman–Crippen LogP) is -1.33. The molecule has 0 aromatic heterocycles. The van der Waals surface area contributed by atoms with Gasteiger partial charge in [0.2, 0.25) is 23.6 Å². The van der Waals surface area contributed by atoms with Crippen LogP contribution in [0.15, 0.2) is 28.2 Å². The Bertz CT molecular complexity index is 1610. The second-order valence-electron chi connectivity index (χ2n) is 14.4. The second-order valence-corrected chi connectivity index (χ2v) is 15.6. The number of morpholine rings is 1. The van der Waals surface area contributed by atoms with Crippen molar-refractivity contribution in [2.24, 2.45) is 22.8 Å². The summed E-state index contributed by atoms with van der Waals surface area (Å²) in [7, 11) is 0. The van der Waals surface area contributed by atoms with E-state index in [0.717, 1.165) is 13.1 Å². The quantitative estimate of drug-likeness (QED) is 0.0363. The Labute approximate surface area is 329 Å². The van der Waals surface area contributed by atoms with Gasteiger partial charge in [0.05, 0.1) is 62.6 Å². The van der Waals surface area contributed by atoms with Crippen molar-refractivity contribution in [3.8, 4) is 0 Å². The first-order valence-corrected chi connectivity index (χ1v) is 19.3. The van der Waals surface area contributed by atoms with E-state index in [1.165, 1.54) is 12.1 Å². The maximum absolute atomic E-state index is 13.6.